The third-order valence-electron chi connectivity index (χ3n) is 3.25. The van der Waals surface area contributed by atoms with Crippen LogP contribution < -0.4 is 15.5 Å². The predicted octanol–water partition coefficient (Wildman–Crippen LogP) is 3.19. The third-order valence-corrected chi connectivity index (χ3v) is 3.25. The molecule has 6 nitrogen and oxygen atoms in total. The Morgan fingerprint density at radius 1 is 1.04 bits per heavy atom. The Balaban J connectivity index is 1.87. The van der Waals surface area contributed by atoms with Crippen LogP contribution in [-0.2, 0) is 15.8 Å². The number of alkyl halides is 3. The summed E-state index contributed by atoms with van der Waals surface area (Å²) in [6.45, 7) is 2.40. The summed E-state index contributed by atoms with van der Waals surface area (Å²) in [4.78, 5) is 23.4. The average Bonchev–Trinajstić information content (AvgIpc) is 2.63. The molecule has 2 aromatic carbocycles. The number of benzene rings is 2. The van der Waals surface area contributed by atoms with E-state index in [0.29, 0.717) is 17.9 Å². The molecule has 0 saturated carbocycles. The topological polar surface area (TPSA) is 79.8 Å². The number of hydrogen-bond donors (Lipinski definition) is 2. The molecule has 0 heterocycles. The van der Waals surface area contributed by atoms with Gasteiger partial charge in [0.2, 0.25) is 0 Å². The molecule has 0 aliphatic heterocycles. The summed E-state index contributed by atoms with van der Waals surface area (Å²) in [5, 5.41) is 5.83. The zero-order chi connectivity index (χ0) is 19.9. The Bertz CT molecular complexity index is 816. The van der Waals surface area contributed by atoms with Crippen molar-refractivity contribution in [2.24, 2.45) is 5.10 Å². The number of carbonyl (C=O) groups is 2. The van der Waals surface area contributed by atoms with Crippen molar-refractivity contribution in [1.82, 2.24) is 5.43 Å². The zero-order valence-electron chi connectivity index (χ0n) is 14.2. The van der Waals surface area contributed by atoms with Gasteiger partial charge in [-0.1, -0.05) is 0 Å². The fraction of sp³-hybridized carbons (Fsp3) is 0.167. The fourth-order valence-corrected chi connectivity index (χ4v) is 1.96. The second-order valence-corrected chi connectivity index (χ2v) is 5.23. The van der Waals surface area contributed by atoms with Gasteiger partial charge in [0.15, 0.2) is 0 Å². The number of rotatable bonds is 5. The number of halogens is 3. The third kappa shape index (κ3) is 6.14. The van der Waals surface area contributed by atoms with E-state index in [0.717, 1.165) is 24.3 Å². The van der Waals surface area contributed by atoms with Crippen molar-refractivity contribution in [3.05, 3.63) is 59.7 Å². The highest BCUT2D eigenvalue weighted by atomic mass is 19.4. The molecule has 0 spiro atoms. The highest BCUT2D eigenvalue weighted by Crippen LogP contribution is 2.29. The summed E-state index contributed by atoms with van der Waals surface area (Å²) in [6, 6.07) is 10.6. The molecule has 0 radical (unpaired) electrons. The summed E-state index contributed by atoms with van der Waals surface area (Å²) >= 11 is 0. The molecule has 0 aromatic heterocycles. The van der Waals surface area contributed by atoms with Crippen LogP contribution >= 0.6 is 0 Å². The first-order valence-electron chi connectivity index (χ1n) is 7.84. The molecule has 0 aliphatic rings. The number of ether oxygens (including phenoxy) is 1. The molecule has 0 saturated heterocycles. The Hall–Kier alpha value is -3.36. The number of anilines is 1. The van der Waals surface area contributed by atoms with Gasteiger partial charge < -0.3 is 10.1 Å². The van der Waals surface area contributed by atoms with Gasteiger partial charge in [-0.15, -0.1) is 0 Å². The maximum atomic E-state index is 12.5. The van der Waals surface area contributed by atoms with Crippen LogP contribution in [0.2, 0.25) is 0 Å². The Labute approximate surface area is 153 Å². The number of hydrazone groups is 1. The van der Waals surface area contributed by atoms with Crippen LogP contribution in [0.15, 0.2) is 53.6 Å². The van der Waals surface area contributed by atoms with Crippen molar-refractivity contribution < 1.29 is 27.5 Å². The van der Waals surface area contributed by atoms with Gasteiger partial charge in [-0.05, 0) is 61.0 Å². The van der Waals surface area contributed by atoms with Crippen molar-refractivity contribution in [2.45, 2.75) is 13.1 Å². The second-order valence-electron chi connectivity index (χ2n) is 5.23. The molecule has 9 heteroatoms. The quantitative estimate of drug-likeness (QED) is 0.476. The molecule has 0 bridgehead atoms. The standard InChI is InChI=1S/C18H16F3N3O3/c1-2-27-15-9-3-12(4-10-15)11-22-24-17(26)16(25)23-14-7-5-13(6-8-14)18(19,20)21/h3-11H,2H2,1H3,(H,23,25)(H,24,26)/b22-11-. The highest BCUT2D eigenvalue weighted by molar-refractivity contribution is 6.39. The van der Waals surface area contributed by atoms with Crippen LogP contribution in [0.25, 0.3) is 0 Å². The van der Waals surface area contributed by atoms with E-state index in [4.69, 9.17) is 4.74 Å². The molecule has 0 fully saturated rings. The maximum absolute atomic E-state index is 12.5. The average molecular weight is 379 g/mol. The van der Waals surface area contributed by atoms with Gasteiger partial charge in [-0.25, -0.2) is 5.43 Å². The first-order chi connectivity index (χ1) is 12.8. The molecule has 142 valence electrons. The van der Waals surface area contributed by atoms with E-state index in [1.54, 1.807) is 24.3 Å². The van der Waals surface area contributed by atoms with Crippen molar-refractivity contribution in [2.75, 3.05) is 11.9 Å². The van der Waals surface area contributed by atoms with E-state index in [1.165, 1.54) is 6.21 Å². The van der Waals surface area contributed by atoms with Gasteiger partial charge in [0.1, 0.15) is 5.75 Å². The Kier molecular flexibility index (Phi) is 6.53. The van der Waals surface area contributed by atoms with Crippen LogP contribution in [-0.4, -0.2) is 24.6 Å². The van der Waals surface area contributed by atoms with E-state index in [2.05, 4.69) is 10.4 Å². The lowest BCUT2D eigenvalue weighted by molar-refractivity contribution is -0.137. The van der Waals surface area contributed by atoms with Gasteiger partial charge >= 0.3 is 18.0 Å². The van der Waals surface area contributed by atoms with E-state index in [9.17, 15) is 22.8 Å². The molecule has 2 amide bonds. The molecule has 0 aliphatic carbocycles. The molecule has 2 N–H and O–H groups in total. The van der Waals surface area contributed by atoms with Crippen molar-refractivity contribution >= 4 is 23.7 Å². The molecule has 0 atom stereocenters. The van der Waals surface area contributed by atoms with Gasteiger partial charge in [0.25, 0.3) is 0 Å². The van der Waals surface area contributed by atoms with Crippen LogP contribution in [0.4, 0.5) is 18.9 Å². The van der Waals surface area contributed by atoms with E-state index < -0.39 is 23.6 Å². The minimum absolute atomic E-state index is 0.0543. The van der Waals surface area contributed by atoms with Crippen molar-refractivity contribution in [1.29, 1.82) is 0 Å². The van der Waals surface area contributed by atoms with E-state index in [1.807, 2.05) is 12.3 Å². The Morgan fingerprint density at radius 3 is 2.22 bits per heavy atom. The second kappa shape index (κ2) is 8.84. The summed E-state index contributed by atoms with van der Waals surface area (Å²) < 4.78 is 42.7. The number of nitrogens with one attached hydrogen (secondary N) is 2. The van der Waals surface area contributed by atoms with Crippen LogP contribution in [0.1, 0.15) is 18.1 Å². The Morgan fingerprint density at radius 2 is 1.67 bits per heavy atom. The van der Waals surface area contributed by atoms with Gasteiger partial charge in [-0.2, -0.15) is 18.3 Å². The van der Waals surface area contributed by atoms with Gasteiger partial charge in [0.05, 0.1) is 18.4 Å². The normalized spacial score (nSPS) is 11.3. The predicted molar refractivity (Wildman–Crippen MR) is 93.4 cm³/mol. The molecule has 0 unspecified atom stereocenters. The summed E-state index contributed by atoms with van der Waals surface area (Å²) in [5.41, 5.74) is 1.90. The first kappa shape index (κ1) is 20.0. The zero-order valence-corrected chi connectivity index (χ0v) is 14.2. The minimum atomic E-state index is -4.48. The van der Waals surface area contributed by atoms with Crippen LogP contribution in [0.5, 0.6) is 5.75 Å². The van der Waals surface area contributed by atoms with Crippen LogP contribution in [0.3, 0.4) is 0 Å². The van der Waals surface area contributed by atoms with Gasteiger partial charge in [0, 0.05) is 5.69 Å². The number of amides is 2. The molecular formula is C18H16F3N3O3. The van der Waals surface area contributed by atoms with Crippen molar-refractivity contribution in [3.8, 4) is 5.75 Å². The lowest BCUT2D eigenvalue weighted by atomic mass is 10.2. The minimum Gasteiger partial charge on any atom is -0.494 e. The molecular weight excluding hydrogens is 363 g/mol. The first-order valence-corrected chi connectivity index (χ1v) is 7.84. The van der Waals surface area contributed by atoms with Gasteiger partial charge in [-0.3, -0.25) is 9.59 Å². The maximum Gasteiger partial charge on any atom is 0.416 e. The lowest BCUT2D eigenvalue weighted by Gasteiger charge is -2.08. The number of carbonyl (C=O) groups excluding carboxylic acids is 2. The molecule has 2 rings (SSSR count). The SMILES string of the molecule is CCOc1ccc(/C=N\NC(=O)C(=O)Nc2ccc(C(F)(F)F)cc2)cc1. The summed E-state index contributed by atoms with van der Waals surface area (Å²) in [7, 11) is 0. The van der Waals surface area contributed by atoms with E-state index in [-0.39, 0.29) is 5.69 Å². The number of hydrogen-bond acceptors (Lipinski definition) is 4. The monoisotopic (exact) mass is 379 g/mol. The van der Waals surface area contributed by atoms with Crippen LogP contribution in [0, 0.1) is 0 Å². The number of nitrogens with zero attached hydrogens (tertiary/aromatic N) is 1. The van der Waals surface area contributed by atoms with Crippen molar-refractivity contribution in [3.63, 3.8) is 0 Å². The lowest BCUT2D eigenvalue weighted by Crippen LogP contribution is -2.32. The molecule has 27 heavy (non-hydrogen) atoms. The van der Waals surface area contributed by atoms with E-state index >= 15 is 0 Å². The smallest absolute Gasteiger partial charge is 0.416 e. The fourth-order valence-electron chi connectivity index (χ4n) is 1.96. The summed E-state index contributed by atoms with van der Waals surface area (Å²) in [6.07, 6.45) is -3.14. The summed E-state index contributed by atoms with van der Waals surface area (Å²) in [5.74, 6) is -1.43. The molecule has 2 aromatic rings. The highest BCUT2D eigenvalue weighted by Gasteiger charge is 2.30. The largest absolute Gasteiger partial charge is 0.494 e.